The van der Waals surface area contributed by atoms with Crippen LogP contribution in [0.4, 0.5) is 8.78 Å². The van der Waals surface area contributed by atoms with Crippen molar-refractivity contribution in [3.63, 3.8) is 0 Å². The number of nitrogens with zero attached hydrogens (tertiary/aromatic N) is 1. The highest BCUT2D eigenvalue weighted by atomic mass is 35.7. The van der Waals surface area contributed by atoms with Gasteiger partial charge in [0.05, 0.1) is 24.0 Å². The molecule has 40 heavy (non-hydrogen) atoms. The first-order chi connectivity index (χ1) is 18.3. The topological polar surface area (TPSA) is 136 Å². The van der Waals surface area contributed by atoms with Crippen molar-refractivity contribution in [2.45, 2.75) is 21.9 Å². The van der Waals surface area contributed by atoms with Gasteiger partial charge in [-0.1, -0.05) is 24.3 Å². The predicted molar refractivity (Wildman–Crippen MR) is 145 cm³/mol. The first-order valence-electron chi connectivity index (χ1n) is 11.0. The van der Waals surface area contributed by atoms with Crippen molar-refractivity contribution in [2.24, 2.45) is 0 Å². The minimum atomic E-state index is -3.86. The fourth-order valence-corrected chi connectivity index (χ4v) is 5.42. The molecule has 0 fully saturated rings. The number of carbonyl (C=O) groups excluding carboxylic acids is 2. The third-order valence-corrected chi connectivity index (χ3v) is 8.34. The number of sulfonamides is 1. The Morgan fingerprint density at radius 2 is 1.35 bits per heavy atom. The quantitative estimate of drug-likeness (QED) is 0.297. The Bertz CT molecular complexity index is 1420. The molecule has 2 aliphatic heterocycles. The highest BCUT2D eigenvalue weighted by Gasteiger charge is 2.37. The van der Waals surface area contributed by atoms with Gasteiger partial charge in [0.1, 0.15) is 23.7 Å². The van der Waals surface area contributed by atoms with Crippen LogP contribution in [0, 0.1) is 11.6 Å². The standard InChI is InChI=1S/C12H12FNO4S.C6H4ClFO2S.C6H9NO2.ClH/c1-18-12(15)11-3-2-8-14(11)19(16,17)10-6-4-9(13)5-7-10;7-11(9,10)6-3-1-5(8)2-4-6;1-9-6(8)5-3-2-4-7-5;/h2-7,11H,8H2,1H3;1-4H;2-3,5,7H,4H2,1H3;1H/t11-;;5-;/m0.0./s1. The van der Waals surface area contributed by atoms with Crippen LogP contribution < -0.4 is 5.32 Å². The Morgan fingerprint density at radius 3 is 1.77 bits per heavy atom. The fourth-order valence-electron chi connectivity index (χ4n) is 3.16. The third kappa shape index (κ3) is 9.94. The van der Waals surface area contributed by atoms with Crippen LogP contribution in [-0.2, 0) is 38.1 Å². The number of benzene rings is 2. The lowest BCUT2D eigenvalue weighted by atomic mass is 10.3. The molecule has 0 bridgehead atoms. The van der Waals surface area contributed by atoms with Crippen LogP contribution in [0.3, 0.4) is 0 Å². The van der Waals surface area contributed by atoms with Crippen molar-refractivity contribution in [2.75, 3.05) is 27.3 Å². The lowest BCUT2D eigenvalue weighted by Crippen LogP contribution is -2.41. The minimum Gasteiger partial charge on any atom is -0.468 e. The second kappa shape index (κ2) is 15.8. The van der Waals surface area contributed by atoms with E-state index in [1.165, 1.54) is 20.3 Å². The average Bonchev–Trinajstić information content (AvgIpc) is 3.62. The largest absolute Gasteiger partial charge is 0.468 e. The lowest BCUT2D eigenvalue weighted by Gasteiger charge is -2.21. The summed E-state index contributed by atoms with van der Waals surface area (Å²) in [6, 6.07) is 7.55. The van der Waals surface area contributed by atoms with Gasteiger partial charge >= 0.3 is 11.9 Å². The van der Waals surface area contributed by atoms with E-state index < -0.39 is 42.7 Å². The number of methoxy groups -OCH3 is 2. The van der Waals surface area contributed by atoms with E-state index in [1.807, 2.05) is 6.08 Å². The summed E-state index contributed by atoms with van der Waals surface area (Å²) in [5, 5.41) is 2.92. The summed E-state index contributed by atoms with van der Waals surface area (Å²) < 4.78 is 80.9. The molecule has 16 heteroatoms. The molecule has 0 saturated heterocycles. The molecule has 2 aliphatic rings. The van der Waals surface area contributed by atoms with E-state index in [2.05, 4.69) is 14.8 Å². The van der Waals surface area contributed by atoms with Gasteiger partial charge in [-0.25, -0.2) is 30.4 Å². The van der Waals surface area contributed by atoms with E-state index >= 15 is 0 Å². The maximum absolute atomic E-state index is 12.8. The highest BCUT2D eigenvalue weighted by Crippen LogP contribution is 2.23. The molecule has 0 unspecified atom stereocenters. The summed E-state index contributed by atoms with van der Waals surface area (Å²) in [6.07, 6.45) is 6.74. The summed E-state index contributed by atoms with van der Waals surface area (Å²) in [4.78, 5) is 22.0. The smallest absolute Gasteiger partial charge is 0.328 e. The lowest BCUT2D eigenvalue weighted by molar-refractivity contribution is -0.143. The number of carbonyl (C=O) groups is 2. The van der Waals surface area contributed by atoms with Crippen LogP contribution in [-0.4, -0.2) is 72.5 Å². The van der Waals surface area contributed by atoms with Gasteiger partial charge in [-0.05, 0) is 48.5 Å². The van der Waals surface area contributed by atoms with Crippen LogP contribution in [0.1, 0.15) is 0 Å². The molecule has 0 amide bonds. The molecule has 4 rings (SSSR count). The number of rotatable bonds is 5. The molecule has 220 valence electrons. The van der Waals surface area contributed by atoms with Crippen molar-refractivity contribution in [3.8, 4) is 0 Å². The van der Waals surface area contributed by atoms with Gasteiger partial charge in [-0.15, -0.1) is 12.4 Å². The second-order valence-electron chi connectivity index (χ2n) is 7.65. The number of hydrogen-bond acceptors (Lipinski definition) is 9. The summed E-state index contributed by atoms with van der Waals surface area (Å²) in [6.45, 7) is 0.846. The molecule has 2 atom stereocenters. The molecule has 0 aromatic heterocycles. The van der Waals surface area contributed by atoms with Gasteiger partial charge in [-0.2, -0.15) is 4.31 Å². The van der Waals surface area contributed by atoms with Crippen LogP contribution in [0.25, 0.3) is 0 Å². The van der Waals surface area contributed by atoms with Crippen molar-refractivity contribution in [1.82, 2.24) is 9.62 Å². The SMILES string of the molecule is COC(=O)[C@@H]1C=CCN1.COC(=O)[C@@H]1C=CCN1S(=O)(=O)c1ccc(F)cc1.Cl.O=S(=O)(Cl)c1ccc(F)cc1. The van der Waals surface area contributed by atoms with Crippen LogP contribution >= 0.6 is 23.1 Å². The molecule has 0 radical (unpaired) electrons. The number of nitrogens with one attached hydrogen (secondary N) is 1. The van der Waals surface area contributed by atoms with Crippen molar-refractivity contribution in [1.29, 1.82) is 0 Å². The number of hydrogen-bond donors (Lipinski definition) is 1. The number of esters is 2. The van der Waals surface area contributed by atoms with E-state index in [0.29, 0.717) is 0 Å². The molecular formula is C24H26Cl2F2N2O8S2. The van der Waals surface area contributed by atoms with E-state index in [-0.39, 0.29) is 40.8 Å². The Kier molecular flexibility index (Phi) is 13.9. The minimum absolute atomic E-state index is 0. The summed E-state index contributed by atoms with van der Waals surface area (Å²) >= 11 is 0. The summed E-state index contributed by atoms with van der Waals surface area (Å²) in [5.41, 5.74) is 0. The first kappa shape index (κ1) is 35.1. The van der Waals surface area contributed by atoms with Gasteiger partial charge in [0.15, 0.2) is 0 Å². The van der Waals surface area contributed by atoms with Gasteiger partial charge < -0.3 is 9.47 Å². The molecule has 2 aromatic rings. The van der Waals surface area contributed by atoms with Gasteiger partial charge in [0.2, 0.25) is 10.0 Å². The van der Waals surface area contributed by atoms with E-state index in [0.717, 1.165) is 59.4 Å². The third-order valence-electron chi connectivity index (χ3n) is 5.11. The highest BCUT2D eigenvalue weighted by molar-refractivity contribution is 8.13. The summed E-state index contributed by atoms with van der Waals surface area (Å²) in [5.74, 6) is -1.89. The normalized spacial score (nSPS) is 17.9. The van der Waals surface area contributed by atoms with Gasteiger partial charge in [0.25, 0.3) is 9.05 Å². The van der Waals surface area contributed by atoms with Crippen LogP contribution in [0.15, 0.2) is 82.6 Å². The Morgan fingerprint density at radius 1 is 0.850 bits per heavy atom. The number of ether oxygens (including phenoxy) is 2. The molecule has 0 aliphatic carbocycles. The molecule has 10 nitrogen and oxygen atoms in total. The molecule has 2 heterocycles. The Balaban J connectivity index is 0.000000324. The molecule has 0 spiro atoms. The maximum atomic E-state index is 12.8. The molecule has 2 aromatic carbocycles. The zero-order valence-electron chi connectivity index (χ0n) is 21.1. The number of halogens is 4. The first-order valence-corrected chi connectivity index (χ1v) is 14.8. The van der Waals surface area contributed by atoms with Gasteiger partial charge in [-0.3, -0.25) is 10.1 Å². The fraction of sp³-hybridized carbons (Fsp3) is 0.250. The van der Waals surface area contributed by atoms with Crippen LogP contribution in [0.2, 0.25) is 0 Å². The average molecular weight is 644 g/mol. The van der Waals surface area contributed by atoms with E-state index in [4.69, 9.17) is 10.7 Å². The molecular weight excluding hydrogens is 617 g/mol. The Labute approximate surface area is 241 Å². The van der Waals surface area contributed by atoms with Crippen molar-refractivity contribution in [3.05, 3.63) is 84.5 Å². The predicted octanol–water partition coefficient (Wildman–Crippen LogP) is 2.79. The maximum Gasteiger partial charge on any atom is 0.328 e. The second-order valence-corrected chi connectivity index (χ2v) is 12.1. The molecule has 0 saturated carbocycles. The van der Waals surface area contributed by atoms with Crippen molar-refractivity contribution < 1.29 is 44.7 Å². The Hall–Kier alpha value is -2.88. The van der Waals surface area contributed by atoms with E-state index in [1.54, 1.807) is 12.2 Å². The molecule has 1 N–H and O–H groups in total. The zero-order valence-corrected chi connectivity index (χ0v) is 24.3. The van der Waals surface area contributed by atoms with Gasteiger partial charge in [0, 0.05) is 23.8 Å². The summed E-state index contributed by atoms with van der Waals surface area (Å²) in [7, 11) is -0.0330. The van der Waals surface area contributed by atoms with Crippen molar-refractivity contribution >= 4 is 54.1 Å². The van der Waals surface area contributed by atoms with E-state index in [9.17, 15) is 35.2 Å². The monoisotopic (exact) mass is 642 g/mol. The van der Waals surface area contributed by atoms with Crippen LogP contribution in [0.5, 0.6) is 0 Å². The zero-order chi connectivity index (χ0) is 29.2.